The van der Waals surface area contributed by atoms with E-state index in [0.717, 1.165) is 4.70 Å². The van der Waals surface area contributed by atoms with Gasteiger partial charge in [-0.3, -0.25) is 10.1 Å². The third kappa shape index (κ3) is 4.68. The molecule has 3 rings (SSSR count). The first-order valence-electron chi connectivity index (χ1n) is 8.32. The number of thiocarbonyl (C=S) groups is 1. The summed E-state index contributed by atoms with van der Waals surface area (Å²) in [6, 6.07) is 10.6. The Morgan fingerprint density at radius 3 is 2.68 bits per heavy atom. The third-order valence-electron chi connectivity index (χ3n) is 3.53. The molecule has 0 aliphatic heterocycles. The Balaban J connectivity index is 1.70. The highest BCUT2D eigenvalue weighted by atomic mass is 32.1. The van der Waals surface area contributed by atoms with Crippen LogP contribution in [0.1, 0.15) is 34.6 Å². The zero-order valence-electron chi connectivity index (χ0n) is 15.0. The summed E-state index contributed by atoms with van der Waals surface area (Å²) in [6.45, 7) is 3.56. The van der Waals surface area contributed by atoms with Gasteiger partial charge in [0.2, 0.25) is 0 Å². The van der Waals surface area contributed by atoms with Crippen molar-refractivity contribution < 1.29 is 18.7 Å². The van der Waals surface area contributed by atoms with Gasteiger partial charge in [0.15, 0.2) is 10.2 Å². The zero-order valence-corrected chi connectivity index (χ0v) is 16.6. The minimum atomic E-state index is -0.657. The van der Waals surface area contributed by atoms with Crippen LogP contribution in [0.5, 0.6) is 0 Å². The Labute approximate surface area is 169 Å². The van der Waals surface area contributed by atoms with Gasteiger partial charge in [0.25, 0.3) is 5.91 Å². The highest BCUT2D eigenvalue weighted by Gasteiger charge is 2.15. The molecule has 2 aromatic carbocycles. The van der Waals surface area contributed by atoms with Crippen LogP contribution in [0.25, 0.3) is 10.2 Å². The molecule has 9 heteroatoms. The van der Waals surface area contributed by atoms with Crippen LogP contribution in [0.3, 0.4) is 0 Å². The van der Waals surface area contributed by atoms with E-state index in [0.29, 0.717) is 16.2 Å². The molecular formula is C19H16FN3O3S2. The molecule has 0 radical (unpaired) electrons. The van der Waals surface area contributed by atoms with Crippen molar-refractivity contribution in [2.24, 2.45) is 0 Å². The molecule has 0 bridgehead atoms. The first kappa shape index (κ1) is 19.8. The van der Waals surface area contributed by atoms with Gasteiger partial charge in [-0.25, -0.2) is 14.2 Å². The molecule has 0 unspecified atom stereocenters. The van der Waals surface area contributed by atoms with E-state index >= 15 is 0 Å². The average molecular weight is 417 g/mol. The SMILES string of the molecule is CC(C)OC(=O)c1ccc2nc(NC(=S)NC(=O)c3ccccc3F)sc2c1. The van der Waals surface area contributed by atoms with Gasteiger partial charge in [-0.05, 0) is 56.4 Å². The molecule has 1 heterocycles. The van der Waals surface area contributed by atoms with Crippen LogP contribution in [-0.4, -0.2) is 28.1 Å². The predicted octanol–water partition coefficient (Wildman–Crippen LogP) is 4.13. The average Bonchev–Trinajstić information content (AvgIpc) is 3.02. The number of anilines is 1. The molecule has 1 aromatic heterocycles. The Bertz CT molecular complexity index is 1070. The van der Waals surface area contributed by atoms with Crippen molar-refractivity contribution in [1.29, 1.82) is 0 Å². The Morgan fingerprint density at radius 1 is 1.21 bits per heavy atom. The third-order valence-corrected chi connectivity index (χ3v) is 4.67. The first-order chi connectivity index (χ1) is 13.3. The number of fused-ring (bicyclic) bond motifs is 1. The second kappa shape index (κ2) is 8.41. The number of hydrogen-bond acceptors (Lipinski definition) is 6. The van der Waals surface area contributed by atoms with E-state index in [2.05, 4.69) is 15.6 Å². The van der Waals surface area contributed by atoms with Crippen molar-refractivity contribution in [3.05, 3.63) is 59.4 Å². The smallest absolute Gasteiger partial charge is 0.338 e. The van der Waals surface area contributed by atoms with Gasteiger partial charge in [0.05, 0.1) is 27.4 Å². The molecule has 0 aliphatic carbocycles. The number of halogens is 1. The first-order valence-corrected chi connectivity index (χ1v) is 9.54. The maximum Gasteiger partial charge on any atom is 0.338 e. The van der Waals surface area contributed by atoms with E-state index in [1.54, 1.807) is 38.1 Å². The van der Waals surface area contributed by atoms with Crippen LogP contribution in [-0.2, 0) is 4.74 Å². The van der Waals surface area contributed by atoms with Crippen molar-refractivity contribution in [3.8, 4) is 0 Å². The summed E-state index contributed by atoms with van der Waals surface area (Å²) in [6.07, 6.45) is -0.211. The molecule has 0 spiro atoms. The van der Waals surface area contributed by atoms with Crippen molar-refractivity contribution in [2.45, 2.75) is 20.0 Å². The lowest BCUT2D eigenvalue weighted by Gasteiger charge is -2.07. The number of rotatable bonds is 4. The molecular weight excluding hydrogens is 401 g/mol. The van der Waals surface area contributed by atoms with Crippen molar-refractivity contribution in [3.63, 3.8) is 0 Å². The van der Waals surface area contributed by atoms with E-state index in [4.69, 9.17) is 17.0 Å². The standard InChI is InChI=1S/C19H16FN3O3S2/c1-10(2)26-17(25)11-7-8-14-15(9-11)28-19(21-14)23-18(27)22-16(24)12-5-3-4-6-13(12)20/h3-10H,1-2H3,(H2,21,22,23,24,27). The van der Waals surface area contributed by atoms with E-state index in [1.807, 2.05) is 0 Å². The molecule has 6 nitrogen and oxygen atoms in total. The largest absolute Gasteiger partial charge is 0.459 e. The Morgan fingerprint density at radius 2 is 1.96 bits per heavy atom. The molecule has 0 saturated carbocycles. The Kier molecular flexibility index (Phi) is 5.96. The van der Waals surface area contributed by atoms with Crippen LogP contribution in [0.15, 0.2) is 42.5 Å². The number of thiazole rings is 1. The molecule has 28 heavy (non-hydrogen) atoms. The monoisotopic (exact) mass is 417 g/mol. The number of amides is 1. The molecule has 1 amide bonds. The molecule has 3 aromatic rings. The maximum atomic E-state index is 13.7. The van der Waals surface area contributed by atoms with Crippen LogP contribution in [0.4, 0.5) is 9.52 Å². The number of nitrogens with one attached hydrogen (secondary N) is 2. The molecule has 144 valence electrons. The number of nitrogens with zero attached hydrogens (tertiary/aromatic N) is 1. The van der Waals surface area contributed by atoms with Crippen molar-refractivity contribution in [1.82, 2.24) is 10.3 Å². The highest BCUT2D eigenvalue weighted by molar-refractivity contribution is 7.80. The lowest BCUT2D eigenvalue weighted by atomic mass is 10.2. The number of ether oxygens (including phenoxy) is 1. The second-order valence-electron chi connectivity index (χ2n) is 6.04. The topological polar surface area (TPSA) is 80.3 Å². The van der Waals surface area contributed by atoms with Gasteiger partial charge in [0, 0.05) is 0 Å². The molecule has 2 N–H and O–H groups in total. The van der Waals surface area contributed by atoms with Gasteiger partial charge in [0.1, 0.15) is 5.82 Å². The van der Waals surface area contributed by atoms with Gasteiger partial charge in [-0.2, -0.15) is 0 Å². The predicted molar refractivity (Wildman–Crippen MR) is 110 cm³/mol. The summed E-state index contributed by atoms with van der Waals surface area (Å²) < 4.78 is 19.6. The van der Waals surface area contributed by atoms with E-state index < -0.39 is 17.7 Å². The summed E-state index contributed by atoms with van der Waals surface area (Å²) in [5.74, 6) is -1.70. The van der Waals surface area contributed by atoms with Crippen LogP contribution in [0, 0.1) is 5.82 Å². The number of esters is 1. The maximum absolute atomic E-state index is 13.7. The van der Waals surface area contributed by atoms with E-state index in [-0.39, 0.29) is 16.8 Å². The van der Waals surface area contributed by atoms with Crippen LogP contribution >= 0.6 is 23.6 Å². The summed E-state index contributed by atoms with van der Waals surface area (Å²) in [4.78, 5) is 28.5. The number of aromatic nitrogens is 1. The number of benzene rings is 2. The van der Waals surface area contributed by atoms with Crippen LogP contribution < -0.4 is 10.6 Å². The molecule has 0 atom stereocenters. The second-order valence-corrected chi connectivity index (χ2v) is 7.48. The molecule has 0 aliphatic rings. The zero-order chi connectivity index (χ0) is 20.3. The fraction of sp³-hybridized carbons (Fsp3) is 0.158. The Hall–Kier alpha value is -2.91. The minimum Gasteiger partial charge on any atom is -0.459 e. The van der Waals surface area contributed by atoms with Crippen molar-refractivity contribution in [2.75, 3.05) is 5.32 Å². The summed E-state index contributed by atoms with van der Waals surface area (Å²) >= 11 is 6.36. The lowest BCUT2D eigenvalue weighted by Crippen LogP contribution is -2.34. The van der Waals surface area contributed by atoms with Gasteiger partial charge >= 0.3 is 5.97 Å². The van der Waals surface area contributed by atoms with E-state index in [1.165, 1.54) is 29.5 Å². The lowest BCUT2D eigenvalue weighted by molar-refractivity contribution is 0.0378. The fourth-order valence-corrected chi connectivity index (χ4v) is 3.49. The van der Waals surface area contributed by atoms with Crippen LogP contribution in [0.2, 0.25) is 0 Å². The number of carbonyl (C=O) groups is 2. The molecule has 0 saturated heterocycles. The normalized spacial score (nSPS) is 10.7. The molecule has 0 fully saturated rings. The summed E-state index contributed by atoms with van der Waals surface area (Å²) in [5.41, 5.74) is 0.980. The number of carbonyl (C=O) groups excluding carboxylic acids is 2. The van der Waals surface area contributed by atoms with Crippen molar-refractivity contribution >= 4 is 55.9 Å². The summed E-state index contributed by atoms with van der Waals surface area (Å²) in [5, 5.41) is 5.64. The quantitative estimate of drug-likeness (QED) is 0.491. The number of hydrogen-bond donors (Lipinski definition) is 2. The summed E-state index contributed by atoms with van der Waals surface area (Å²) in [7, 11) is 0. The fourth-order valence-electron chi connectivity index (χ4n) is 2.33. The van der Waals surface area contributed by atoms with Gasteiger partial charge in [-0.1, -0.05) is 23.5 Å². The highest BCUT2D eigenvalue weighted by Crippen LogP contribution is 2.27. The van der Waals surface area contributed by atoms with Gasteiger partial charge in [-0.15, -0.1) is 0 Å². The minimum absolute atomic E-state index is 0.00764. The van der Waals surface area contributed by atoms with Gasteiger partial charge < -0.3 is 10.1 Å². The van der Waals surface area contributed by atoms with E-state index in [9.17, 15) is 14.0 Å².